The maximum atomic E-state index is 5.59. The number of aromatic nitrogens is 3. The predicted molar refractivity (Wildman–Crippen MR) is 63.7 cm³/mol. The average molecular weight is 216 g/mol. The Kier molecular flexibility index (Phi) is 3.31. The number of H-pyrrole nitrogens is 1. The topological polar surface area (TPSA) is 67.6 Å². The highest BCUT2D eigenvalue weighted by atomic mass is 14.9. The quantitative estimate of drug-likeness (QED) is 0.815. The molecule has 2 rings (SSSR count). The number of nitrogens with two attached hydrogens (primary N) is 1. The fourth-order valence-corrected chi connectivity index (χ4v) is 1.55. The van der Waals surface area contributed by atoms with E-state index in [0.717, 1.165) is 23.5 Å². The third-order valence-electron chi connectivity index (χ3n) is 2.55. The summed E-state index contributed by atoms with van der Waals surface area (Å²) < 4.78 is 0. The van der Waals surface area contributed by atoms with Crippen molar-refractivity contribution >= 4 is 0 Å². The number of rotatable bonds is 4. The van der Waals surface area contributed by atoms with Crippen LogP contribution in [-0.4, -0.2) is 21.5 Å². The van der Waals surface area contributed by atoms with Crippen molar-refractivity contribution in [3.8, 4) is 11.3 Å². The van der Waals surface area contributed by atoms with E-state index in [-0.39, 0.29) is 0 Å². The molecule has 0 saturated heterocycles. The lowest BCUT2D eigenvalue weighted by Gasteiger charge is -2.04. The molecule has 0 aliphatic rings. The molecule has 0 aliphatic carbocycles. The van der Waals surface area contributed by atoms with Crippen LogP contribution < -0.4 is 5.73 Å². The summed E-state index contributed by atoms with van der Waals surface area (Å²) in [5.41, 5.74) is 7.65. The summed E-state index contributed by atoms with van der Waals surface area (Å²) in [6, 6.07) is 3.93. The van der Waals surface area contributed by atoms with Crippen LogP contribution in [0, 0.1) is 5.92 Å². The molecule has 0 aliphatic heterocycles. The van der Waals surface area contributed by atoms with Gasteiger partial charge in [-0.15, -0.1) is 0 Å². The molecule has 0 aromatic carbocycles. The number of hydrogen-bond donors (Lipinski definition) is 2. The second-order valence-corrected chi connectivity index (χ2v) is 4.03. The number of nitrogens with zero attached hydrogens (tertiary/aromatic N) is 2. The van der Waals surface area contributed by atoms with Crippen molar-refractivity contribution in [2.75, 3.05) is 6.54 Å². The molecule has 4 nitrogen and oxygen atoms in total. The highest BCUT2D eigenvalue weighted by Gasteiger charge is 2.06. The van der Waals surface area contributed by atoms with Crippen molar-refractivity contribution in [2.24, 2.45) is 11.7 Å². The third kappa shape index (κ3) is 2.46. The van der Waals surface area contributed by atoms with E-state index < -0.39 is 0 Å². The van der Waals surface area contributed by atoms with Crippen LogP contribution in [0.2, 0.25) is 0 Å². The van der Waals surface area contributed by atoms with Crippen LogP contribution in [0.1, 0.15) is 12.7 Å². The summed E-state index contributed by atoms with van der Waals surface area (Å²) >= 11 is 0. The Morgan fingerprint density at radius 2 is 2.31 bits per heavy atom. The Labute approximate surface area is 94.9 Å². The van der Waals surface area contributed by atoms with Gasteiger partial charge < -0.3 is 10.7 Å². The van der Waals surface area contributed by atoms with Gasteiger partial charge in [0.1, 0.15) is 5.82 Å². The Bertz CT molecular complexity index is 435. The molecule has 2 heterocycles. The van der Waals surface area contributed by atoms with Crippen LogP contribution in [0.25, 0.3) is 11.3 Å². The maximum absolute atomic E-state index is 5.59. The zero-order chi connectivity index (χ0) is 11.4. The van der Waals surface area contributed by atoms with Gasteiger partial charge in [0.05, 0.1) is 11.9 Å². The molecule has 1 atom stereocenters. The SMILES string of the molecule is CC(CN)Cc1ncc(-c2cccnc2)[nH]1. The molecule has 1 unspecified atom stereocenters. The molecule has 2 aromatic heterocycles. The van der Waals surface area contributed by atoms with Gasteiger partial charge in [-0.1, -0.05) is 6.92 Å². The molecule has 4 heteroatoms. The summed E-state index contributed by atoms with van der Waals surface area (Å²) in [7, 11) is 0. The summed E-state index contributed by atoms with van der Waals surface area (Å²) in [5.74, 6) is 1.43. The fourth-order valence-electron chi connectivity index (χ4n) is 1.55. The molecule has 16 heavy (non-hydrogen) atoms. The Morgan fingerprint density at radius 1 is 1.44 bits per heavy atom. The fraction of sp³-hybridized carbons (Fsp3) is 0.333. The highest BCUT2D eigenvalue weighted by Crippen LogP contribution is 2.16. The molecule has 3 N–H and O–H groups in total. The first kappa shape index (κ1) is 10.8. The molecule has 0 spiro atoms. The van der Waals surface area contributed by atoms with Gasteiger partial charge in [0.2, 0.25) is 0 Å². The van der Waals surface area contributed by atoms with E-state index in [0.29, 0.717) is 12.5 Å². The second kappa shape index (κ2) is 4.90. The molecule has 0 radical (unpaired) electrons. The first-order chi connectivity index (χ1) is 7.79. The van der Waals surface area contributed by atoms with Gasteiger partial charge in [-0.25, -0.2) is 4.98 Å². The van der Waals surface area contributed by atoms with Crippen molar-refractivity contribution < 1.29 is 0 Å². The predicted octanol–water partition coefficient (Wildman–Crippen LogP) is 1.61. The standard InChI is InChI=1S/C12H16N4/c1-9(6-13)5-12-15-8-11(16-12)10-3-2-4-14-7-10/h2-4,7-9H,5-6,13H2,1H3,(H,15,16). The highest BCUT2D eigenvalue weighted by molar-refractivity contribution is 5.56. The van der Waals surface area contributed by atoms with Gasteiger partial charge in [0.15, 0.2) is 0 Å². The van der Waals surface area contributed by atoms with Crippen molar-refractivity contribution in [3.05, 3.63) is 36.5 Å². The van der Waals surface area contributed by atoms with Gasteiger partial charge >= 0.3 is 0 Å². The van der Waals surface area contributed by atoms with Crippen LogP contribution in [0.3, 0.4) is 0 Å². The molecule has 0 amide bonds. The van der Waals surface area contributed by atoms with E-state index >= 15 is 0 Å². The van der Waals surface area contributed by atoms with Crippen molar-refractivity contribution in [2.45, 2.75) is 13.3 Å². The van der Waals surface area contributed by atoms with E-state index in [1.54, 1.807) is 6.20 Å². The van der Waals surface area contributed by atoms with Gasteiger partial charge in [0, 0.05) is 24.4 Å². The van der Waals surface area contributed by atoms with Crippen LogP contribution in [0.4, 0.5) is 0 Å². The van der Waals surface area contributed by atoms with Gasteiger partial charge in [-0.3, -0.25) is 4.98 Å². The van der Waals surface area contributed by atoms with Gasteiger partial charge in [-0.2, -0.15) is 0 Å². The number of hydrogen-bond acceptors (Lipinski definition) is 3. The molecule has 0 saturated carbocycles. The molecular weight excluding hydrogens is 200 g/mol. The average Bonchev–Trinajstić information content (AvgIpc) is 2.78. The zero-order valence-electron chi connectivity index (χ0n) is 9.35. The first-order valence-corrected chi connectivity index (χ1v) is 5.44. The lowest BCUT2D eigenvalue weighted by molar-refractivity contribution is 0.577. The van der Waals surface area contributed by atoms with Crippen molar-refractivity contribution in [3.63, 3.8) is 0 Å². The van der Waals surface area contributed by atoms with Crippen molar-refractivity contribution in [1.82, 2.24) is 15.0 Å². The molecule has 0 bridgehead atoms. The molecule has 84 valence electrons. The first-order valence-electron chi connectivity index (χ1n) is 5.44. The van der Waals surface area contributed by atoms with Crippen LogP contribution in [0.15, 0.2) is 30.7 Å². The monoisotopic (exact) mass is 216 g/mol. The van der Waals surface area contributed by atoms with Crippen LogP contribution in [0.5, 0.6) is 0 Å². The second-order valence-electron chi connectivity index (χ2n) is 4.03. The minimum atomic E-state index is 0.452. The Hall–Kier alpha value is -1.68. The lowest BCUT2D eigenvalue weighted by atomic mass is 10.1. The summed E-state index contributed by atoms with van der Waals surface area (Å²) in [6.45, 7) is 2.80. The van der Waals surface area contributed by atoms with E-state index in [1.165, 1.54) is 0 Å². The summed E-state index contributed by atoms with van der Waals surface area (Å²) in [6.07, 6.45) is 6.31. The minimum absolute atomic E-state index is 0.452. The number of nitrogens with one attached hydrogen (secondary N) is 1. The third-order valence-corrected chi connectivity index (χ3v) is 2.55. The Morgan fingerprint density at radius 3 is 3.00 bits per heavy atom. The lowest BCUT2D eigenvalue weighted by Crippen LogP contribution is -2.13. The largest absolute Gasteiger partial charge is 0.342 e. The number of imidazole rings is 1. The van der Waals surface area contributed by atoms with E-state index in [9.17, 15) is 0 Å². The maximum Gasteiger partial charge on any atom is 0.106 e. The van der Waals surface area contributed by atoms with Crippen LogP contribution >= 0.6 is 0 Å². The van der Waals surface area contributed by atoms with Crippen molar-refractivity contribution in [1.29, 1.82) is 0 Å². The minimum Gasteiger partial charge on any atom is -0.342 e. The zero-order valence-corrected chi connectivity index (χ0v) is 9.35. The normalized spacial score (nSPS) is 12.6. The van der Waals surface area contributed by atoms with E-state index in [4.69, 9.17) is 5.73 Å². The molecular formula is C12H16N4. The van der Waals surface area contributed by atoms with Gasteiger partial charge in [0.25, 0.3) is 0 Å². The summed E-state index contributed by atoms with van der Waals surface area (Å²) in [5, 5.41) is 0. The van der Waals surface area contributed by atoms with Gasteiger partial charge in [-0.05, 0) is 24.6 Å². The summed E-state index contributed by atoms with van der Waals surface area (Å²) in [4.78, 5) is 11.7. The number of pyridine rings is 1. The Balaban J connectivity index is 2.14. The van der Waals surface area contributed by atoms with E-state index in [1.807, 2.05) is 24.5 Å². The van der Waals surface area contributed by atoms with Crippen LogP contribution in [-0.2, 0) is 6.42 Å². The smallest absolute Gasteiger partial charge is 0.106 e. The number of aromatic amines is 1. The molecule has 2 aromatic rings. The van der Waals surface area contributed by atoms with E-state index in [2.05, 4.69) is 21.9 Å². The molecule has 0 fully saturated rings.